The average molecular weight is 197 g/mol. The van der Waals surface area contributed by atoms with E-state index in [1.807, 2.05) is 13.8 Å². The van der Waals surface area contributed by atoms with Gasteiger partial charge < -0.3 is 10.1 Å². The van der Waals surface area contributed by atoms with Crippen LogP contribution in [0.1, 0.15) is 24.2 Å². The van der Waals surface area contributed by atoms with Crippen molar-refractivity contribution in [3.63, 3.8) is 0 Å². The Bertz CT molecular complexity index is 293. The van der Waals surface area contributed by atoms with Crippen molar-refractivity contribution >= 4 is 5.91 Å². The lowest BCUT2D eigenvalue weighted by Gasteiger charge is -2.22. The number of nitrogens with one attached hydrogen (secondary N) is 2. The monoisotopic (exact) mass is 197 g/mol. The van der Waals surface area contributed by atoms with Gasteiger partial charge in [-0.2, -0.15) is 5.10 Å². The smallest absolute Gasteiger partial charge is 0.254 e. The third kappa shape index (κ3) is 2.85. The van der Waals surface area contributed by atoms with Crippen molar-refractivity contribution in [3.8, 4) is 0 Å². The van der Waals surface area contributed by atoms with Crippen LogP contribution < -0.4 is 5.32 Å². The molecule has 0 aliphatic rings. The summed E-state index contributed by atoms with van der Waals surface area (Å²) in [6.07, 6.45) is 3.03. The second-order valence-electron chi connectivity index (χ2n) is 3.63. The number of nitrogens with zero attached hydrogens (tertiary/aromatic N) is 1. The Morgan fingerprint density at radius 1 is 1.71 bits per heavy atom. The fourth-order valence-electron chi connectivity index (χ4n) is 0.842. The van der Waals surface area contributed by atoms with E-state index in [-0.39, 0.29) is 11.5 Å². The molecule has 0 saturated heterocycles. The minimum absolute atomic E-state index is 0.149. The summed E-state index contributed by atoms with van der Waals surface area (Å²) in [6, 6.07) is 0. The highest BCUT2D eigenvalue weighted by Crippen LogP contribution is 2.05. The minimum atomic E-state index is -0.348. The van der Waals surface area contributed by atoms with E-state index < -0.39 is 0 Å². The summed E-state index contributed by atoms with van der Waals surface area (Å²) < 4.78 is 5.17. The number of hydrogen-bond acceptors (Lipinski definition) is 3. The summed E-state index contributed by atoms with van der Waals surface area (Å²) in [6.45, 7) is 4.28. The summed E-state index contributed by atoms with van der Waals surface area (Å²) in [5.74, 6) is -0.149. The van der Waals surface area contributed by atoms with E-state index in [1.54, 1.807) is 13.3 Å². The summed E-state index contributed by atoms with van der Waals surface area (Å²) in [7, 11) is 1.62. The summed E-state index contributed by atoms with van der Waals surface area (Å²) in [5, 5.41) is 9.02. The predicted octanol–water partition coefficient (Wildman–Crippen LogP) is 0.564. The second kappa shape index (κ2) is 4.23. The summed E-state index contributed by atoms with van der Waals surface area (Å²) in [5.41, 5.74) is 0.177. The highest BCUT2D eigenvalue weighted by Gasteiger charge is 2.17. The van der Waals surface area contributed by atoms with Gasteiger partial charge in [-0.3, -0.25) is 9.89 Å². The molecule has 0 saturated carbocycles. The molecular weight excluding hydrogens is 182 g/mol. The molecule has 1 heterocycles. The van der Waals surface area contributed by atoms with Gasteiger partial charge in [0.05, 0.1) is 17.4 Å². The van der Waals surface area contributed by atoms with Gasteiger partial charge >= 0.3 is 0 Å². The van der Waals surface area contributed by atoms with E-state index in [1.165, 1.54) is 6.20 Å². The topological polar surface area (TPSA) is 67.0 Å². The maximum Gasteiger partial charge on any atom is 0.254 e. The van der Waals surface area contributed by atoms with Gasteiger partial charge in [0.15, 0.2) is 0 Å². The molecule has 0 unspecified atom stereocenters. The largest absolute Gasteiger partial charge is 0.377 e. The molecule has 0 aliphatic heterocycles. The van der Waals surface area contributed by atoms with Gasteiger partial charge in [-0.15, -0.1) is 0 Å². The van der Waals surface area contributed by atoms with E-state index in [0.717, 1.165) is 0 Å². The van der Waals surface area contributed by atoms with Crippen LogP contribution in [0.25, 0.3) is 0 Å². The van der Waals surface area contributed by atoms with Crippen LogP contribution in [0.3, 0.4) is 0 Å². The number of carbonyl (C=O) groups is 1. The number of rotatable bonds is 4. The van der Waals surface area contributed by atoms with Gasteiger partial charge in [-0.25, -0.2) is 0 Å². The number of aromatic amines is 1. The third-order valence-corrected chi connectivity index (χ3v) is 1.99. The Hall–Kier alpha value is -1.36. The molecule has 5 heteroatoms. The van der Waals surface area contributed by atoms with Crippen LogP contribution in [0.15, 0.2) is 12.4 Å². The number of aromatic nitrogens is 2. The zero-order valence-corrected chi connectivity index (χ0v) is 8.63. The first-order chi connectivity index (χ1) is 6.55. The average Bonchev–Trinajstić information content (AvgIpc) is 2.67. The van der Waals surface area contributed by atoms with E-state index >= 15 is 0 Å². The molecule has 14 heavy (non-hydrogen) atoms. The number of hydrogen-bond donors (Lipinski definition) is 2. The van der Waals surface area contributed by atoms with Crippen molar-refractivity contribution in [2.75, 3.05) is 13.7 Å². The van der Waals surface area contributed by atoms with E-state index in [0.29, 0.717) is 12.1 Å². The summed E-state index contributed by atoms with van der Waals surface area (Å²) in [4.78, 5) is 11.4. The van der Waals surface area contributed by atoms with Crippen LogP contribution in [0.5, 0.6) is 0 Å². The molecule has 1 rings (SSSR count). The lowest BCUT2D eigenvalue weighted by Crippen LogP contribution is -2.39. The van der Waals surface area contributed by atoms with Crippen LogP contribution >= 0.6 is 0 Å². The number of amides is 1. The molecule has 5 nitrogen and oxygen atoms in total. The van der Waals surface area contributed by atoms with E-state index in [9.17, 15) is 4.79 Å². The van der Waals surface area contributed by atoms with Crippen molar-refractivity contribution in [1.82, 2.24) is 15.5 Å². The fourth-order valence-corrected chi connectivity index (χ4v) is 0.842. The number of carbonyl (C=O) groups excluding carboxylic acids is 1. The Labute approximate surface area is 82.8 Å². The zero-order valence-electron chi connectivity index (χ0n) is 8.63. The van der Waals surface area contributed by atoms with Crippen molar-refractivity contribution < 1.29 is 9.53 Å². The molecule has 1 amide bonds. The molecule has 78 valence electrons. The quantitative estimate of drug-likeness (QED) is 0.741. The normalized spacial score (nSPS) is 11.4. The van der Waals surface area contributed by atoms with Crippen molar-refractivity contribution in [3.05, 3.63) is 18.0 Å². The zero-order chi connectivity index (χ0) is 10.6. The van der Waals surface area contributed by atoms with Crippen molar-refractivity contribution in [2.45, 2.75) is 19.4 Å². The van der Waals surface area contributed by atoms with Gasteiger partial charge in [-0.05, 0) is 13.8 Å². The first-order valence-electron chi connectivity index (χ1n) is 4.37. The lowest BCUT2D eigenvalue weighted by atomic mass is 10.1. The summed E-state index contributed by atoms with van der Waals surface area (Å²) >= 11 is 0. The molecular formula is C9H15N3O2. The van der Waals surface area contributed by atoms with Crippen molar-refractivity contribution in [1.29, 1.82) is 0 Å². The molecule has 0 bridgehead atoms. The Balaban J connectivity index is 2.43. The van der Waals surface area contributed by atoms with Gasteiger partial charge in [0.1, 0.15) is 0 Å². The first kappa shape index (κ1) is 10.7. The molecule has 0 spiro atoms. The maximum atomic E-state index is 11.4. The fraction of sp³-hybridized carbons (Fsp3) is 0.556. The first-order valence-corrected chi connectivity index (χ1v) is 4.37. The lowest BCUT2D eigenvalue weighted by molar-refractivity contribution is 0.0229. The molecule has 2 N–H and O–H groups in total. The second-order valence-corrected chi connectivity index (χ2v) is 3.63. The van der Waals surface area contributed by atoms with E-state index in [2.05, 4.69) is 15.5 Å². The highest BCUT2D eigenvalue weighted by molar-refractivity contribution is 5.93. The number of methoxy groups -OCH3 is 1. The molecule has 0 aromatic carbocycles. The standard InChI is InChI=1S/C9H15N3O2/c1-9(2,14-3)6-10-8(13)7-4-11-12-5-7/h4-5H,6H2,1-3H3,(H,10,13)(H,11,12). The Kier molecular flexibility index (Phi) is 3.24. The minimum Gasteiger partial charge on any atom is -0.377 e. The third-order valence-electron chi connectivity index (χ3n) is 1.99. The van der Waals surface area contributed by atoms with Crippen molar-refractivity contribution in [2.24, 2.45) is 0 Å². The van der Waals surface area contributed by atoms with Crippen LogP contribution in [-0.2, 0) is 4.74 Å². The number of ether oxygens (including phenoxy) is 1. The highest BCUT2D eigenvalue weighted by atomic mass is 16.5. The van der Waals surface area contributed by atoms with Gasteiger partial charge in [-0.1, -0.05) is 0 Å². The van der Waals surface area contributed by atoms with Crippen LogP contribution in [0.4, 0.5) is 0 Å². The molecule has 0 atom stereocenters. The number of H-pyrrole nitrogens is 1. The van der Waals surface area contributed by atoms with Gasteiger partial charge in [0.2, 0.25) is 0 Å². The van der Waals surface area contributed by atoms with Crippen LogP contribution in [0.2, 0.25) is 0 Å². The van der Waals surface area contributed by atoms with E-state index in [4.69, 9.17) is 4.74 Å². The molecule has 1 aromatic heterocycles. The molecule has 0 radical (unpaired) electrons. The van der Waals surface area contributed by atoms with Gasteiger partial charge in [0.25, 0.3) is 5.91 Å². The van der Waals surface area contributed by atoms with Crippen LogP contribution in [0, 0.1) is 0 Å². The predicted molar refractivity (Wildman–Crippen MR) is 52.0 cm³/mol. The SMILES string of the molecule is COC(C)(C)CNC(=O)c1cn[nH]c1. The van der Waals surface area contributed by atoms with Gasteiger partial charge in [0, 0.05) is 19.9 Å². The maximum absolute atomic E-state index is 11.4. The molecule has 0 fully saturated rings. The Morgan fingerprint density at radius 2 is 2.43 bits per heavy atom. The molecule has 0 aliphatic carbocycles. The van der Waals surface area contributed by atoms with Crippen LogP contribution in [-0.4, -0.2) is 35.4 Å². The molecule has 1 aromatic rings. The Morgan fingerprint density at radius 3 is 2.93 bits per heavy atom.